The third-order valence-electron chi connectivity index (χ3n) is 3.09. The van der Waals surface area contributed by atoms with Gasteiger partial charge in [-0.2, -0.15) is 0 Å². The molecule has 0 amide bonds. The summed E-state index contributed by atoms with van der Waals surface area (Å²) in [5, 5.41) is 4.37. The summed E-state index contributed by atoms with van der Waals surface area (Å²) < 4.78 is 0. The molecule has 1 aliphatic heterocycles. The third-order valence-corrected chi connectivity index (χ3v) is 4.13. The maximum Gasteiger partial charge on any atom is 0.185 e. The van der Waals surface area contributed by atoms with Crippen LogP contribution in [0.15, 0.2) is 6.20 Å². The molecule has 17 heavy (non-hydrogen) atoms. The number of thiazole rings is 1. The number of likely N-dealkylation sites (N-methyl/N-ethyl adjacent to an activating group) is 1. The van der Waals surface area contributed by atoms with Crippen molar-refractivity contribution in [1.29, 1.82) is 0 Å². The van der Waals surface area contributed by atoms with Crippen LogP contribution in [0.25, 0.3) is 0 Å². The van der Waals surface area contributed by atoms with E-state index in [1.807, 2.05) is 24.6 Å². The fourth-order valence-corrected chi connectivity index (χ4v) is 3.40. The number of hydrogen-bond acceptors (Lipinski definition) is 5. The summed E-state index contributed by atoms with van der Waals surface area (Å²) >= 11 is 1.82. The van der Waals surface area contributed by atoms with Crippen LogP contribution in [0.2, 0.25) is 0 Å². The minimum Gasteiger partial charge on any atom is -0.344 e. The van der Waals surface area contributed by atoms with E-state index in [2.05, 4.69) is 34.2 Å². The van der Waals surface area contributed by atoms with E-state index >= 15 is 0 Å². The van der Waals surface area contributed by atoms with Crippen LogP contribution in [-0.2, 0) is 6.54 Å². The monoisotopic (exact) mass is 254 g/mol. The number of aromatic nitrogens is 1. The number of nitrogens with zero attached hydrogens (tertiary/aromatic N) is 3. The van der Waals surface area contributed by atoms with Crippen molar-refractivity contribution >= 4 is 16.5 Å². The van der Waals surface area contributed by atoms with Crippen LogP contribution in [0.1, 0.15) is 17.7 Å². The molecule has 1 aromatic heterocycles. The highest BCUT2D eigenvalue weighted by molar-refractivity contribution is 7.15. The molecule has 0 aliphatic carbocycles. The lowest BCUT2D eigenvalue weighted by molar-refractivity contribution is 0.372. The van der Waals surface area contributed by atoms with E-state index in [1.165, 1.54) is 22.9 Å². The molecular formula is C12H22N4S. The SMILES string of the molecule is CNCc1cnc(N2CCCC2CN(C)C)s1. The molecule has 1 unspecified atom stereocenters. The first kappa shape index (κ1) is 12.8. The maximum atomic E-state index is 4.56. The Hall–Kier alpha value is -0.650. The molecule has 0 spiro atoms. The number of hydrogen-bond donors (Lipinski definition) is 1. The van der Waals surface area contributed by atoms with E-state index in [-0.39, 0.29) is 0 Å². The minimum absolute atomic E-state index is 0.638. The van der Waals surface area contributed by atoms with Crippen LogP contribution >= 0.6 is 11.3 Å². The fraction of sp³-hybridized carbons (Fsp3) is 0.750. The molecule has 0 bridgehead atoms. The van der Waals surface area contributed by atoms with Gasteiger partial charge in [-0.25, -0.2) is 4.98 Å². The number of nitrogens with one attached hydrogen (secondary N) is 1. The largest absolute Gasteiger partial charge is 0.344 e. The Balaban J connectivity index is 2.03. The van der Waals surface area contributed by atoms with Crippen LogP contribution in [0.4, 0.5) is 5.13 Å². The zero-order valence-corrected chi connectivity index (χ0v) is 11.8. The van der Waals surface area contributed by atoms with Gasteiger partial charge in [-0.1, -0.05) is 0 Å². The summed E-state index contributed by atoms with van der Waals surface area (Å²) in [6.45, 7) is 3.20. The van der Waals surface area contributed by atoms with Crippen molar-refractivity contribution in [1.82, 2.24) is 15.2 Å². The Bertz CT molecular complexity index is 350. The average molecular weight is 254 g/mol. The molecule has 1 N–H and O–H groups in total. The molecule has 0 radical (unpaired) electrons. The van der Waals surface area contributed by atoms with Gasteiger partial charge in [-0.05, 0) is 34.0 Å². The molecule has 1 aromatic rings. The molecule has 1 aliphatic rings. The van der Waals surface area contributed by atoms with Crippen molar-refractivity contribution in [3.63, 3.8) is 0 Å². The van der Waals surface area contributed by atoms with Gasteiger partial charge in [0.15, 0.2) is 5.13 Å². The highest BCUT2D eigenvalue weighted by atomic mass is 32.1. The van der Waals surface area contributed by atoms with Gasteiger partial charge < -0.3 is 15.1 Å². The van der Waals surface area contributed by atoms with Crippen LogP contribution in [-0.4, -0.2) is 50.2 Å². The molecule has 5 heteroatoms. The van der Waals surface area contributed by atoms with Gasteiger partial charge in [0.1, 0.15) is 0 Å². The second-order valence-electron chi connectivity index (χ2n) is 4.89. The van der Waals surface area contributed by atoms with Gasteiger partial charge in [0, 0.05) is 36.8 Å². The Kier molecular flexibility index (Phi) is 4.36. The van der Waals surface area contributed by atoms with E-state index in [0.29, 0.717) is 6.04 Å². The van der Waals surface area contributed by atoms with Crippen molar-refractivity contribution in [2.75, 3.05) is 39.1 Å². The highest BCUT2D eigenvalue weighted by Crippen LogP contribution is 2.29. The summed E-state index contributed by atoms with van der Waals surface area (Å²) in [6.07, 6.45) is 4.58. The second kappa shape index (κ2) is 5.80. The first-order valence-corrected chi connectivity index (χ1v) is 7.03. The van der Waals surface area contributed by atoms with Gasteiger partial charge in [0.05, 0.1) is 0 Å². The summed E-state index contributed by atoms with van der Waals surface area (Å²) in [7, 11) is 6.26. The highest BCUT2D eigenvalue weighted by Gasteiger charge is 2.26. The van der Waals surface area contributed by atoms with Gasteiger partial charge in [0.25, 0.3) is 0 Å². The summed E-state index contributed by atoms with van der Waals surface area (Å²) in [5.74, 6) is 0. The van der Waals surface area contributed by atoms with Crippen molar-refractivity contribution < 1.29 is 0 Å². The van der Waals surface area contributed by atoms with Crippen molar-refractivity contribution in [3.8, 4) is 0 Å². The summed E-state index contributed by atoms with van der Waals surface area (Å²) in [6, 6.07) is 0.638. The standard InChI is InChI=1S/C12H22N4S/c1-13-7-11-8-14-12(17-11)16-6-4-5-10(16)9-15(2)3/h8,10,13H,4-7,9H2,1-3H3. The van der Waals surface area contributed by atoms with Crippen LogP contribution in [0.5, 0.6) is 0 Å². The van der Waals surface area contributed by atoms with Crippen molar-refractivity contribution in [2.24, 2.45) is 0 Å². The van der Waals surface area contributed by atoms with Crippen LogP contribution in [0, 0.1) is 0 Å². The Morgan fingerprint density at radius 1 is 1.59 bits per heavy atom. The van der Waals surface area contributed by atoms with Crippen LogP contribution in [0.3, 0.4) is 0 Å². The molecule has 96 valence electrons. The topological polar surface area (TPSA) is 31.4 Å². The Morgan fingerprint density at radius 2 is 2.41 bits per heavy atom. The molecule has 0 saturated carbocycles. The predicted molar refractivity (Wildman–Crippen MR) is 73.8 cm³/mol. The van der Waals surface area contributed by atoms with Gasteiger partial charge >= 0.3 is 0 Å². The Labute approximate surface area is 108 Å². The van der Waals surface area contributed by atoms with Gasteiger partial charge in [0.2, 0.25) is 0 Å². The van der Waals surface area contributed by atoms with E-state index < -0.39 is 0 Å². The zero-order chi connectivity index (χ0) is 12.3. The van der Waals surface area contributed by atoms with Crippen molar-refractivity contribution in [2.45, 2.75) is 25.4 Å². The lowest BCUT2D eigenvalue weighted by atomic mass is 10.2. The molecule has 0 aromatic carbocycles. The first-order valence-electron chi connectivity index (χ1n) is 6.21. The van der Waals surface area contributed by atoms with E-state index in [9.17, 15) is 0 Å². The average Bonchev–Trinajstić information content (AvgIpc) is 2.86. The molecule has 4 nitrogen and oxygen atoms in total. The van der Waals surface area contributed by atoms with Gasteiger partial charge in [-0.3, -0.25) is 0 Å². The Morgan fingerprint density at radius 3 is 3.12 bits per heavy atom. The van der Waals surface area contributed by atoms with Crippen molar-refractivity contribution in [3.05, 3.63) is 11.1 Å². The van der Waals surface area contributed by atoms with E-state index in [0.717, 1.165) is 19.6 Å². The maximum absolute atomic E-state index is 4.56. The number of anilines is 1. The lowest BCUT2D eigenvalue weighted by Crippen LogP contribution is -2.37. The molecule has 1 fully saturated rings. The fourth-order valence-electron chi connectivity index (χ4n) is 2.38. The smallest absolute Gasteiger partial charge is 0.185 e. The summed E-state index contributed by atoms with van der Waals surface area (Å²) in [4.78, 5) is 10.6. The lowest BCUT2D eigenvalue weighted by Gasteiger charge is -2.26. The molecule has 2 rings (SSSR count). The van der Waals surface area contributed by atoms with Crippen LogP contribution < -0.4 is 10.2 Å². The van der Waals surface area contributed by atoms with E-state index in [1.54, 1.807) is 0 Å². The predicted octanol–water partition coefficient (Wildman–Crippen LogP) is 1.39. The third kappa shape index (κ3) is 3.18. The first-order chi connectivity index (χ1) is 8.20. The number of rotatable bonds is 5. The van der Waals surface area contributed by atoms with E-state index in [4.69, 9.17) is 0 Å². The minimum atomic E-state index is 0.638. The molecular weight excluding hydrogens is 232 g/mol. The molecule has 1 atom stereocenters. The second-order valence-corrected chi connectivity index (χ2v) is 5.98. The molecule has 2 heterocycles. The zero-order valence-electron chi connectivity index (χ0n) is 10.9. The van der Waals surface area contributed by atoms with Gasteiger partial charge in [-0.15, -0.1) is 11.3 Å². The normalized spacial score (nSPS) is 20.5. The molecule has 1 saturated heterocycles. The summed E-state index contributed by atoms with van der Waals surface area (Å²) in [5.41, 5.74) is 0. The quantitative estimate of drug-likeness (QED) is 0.860.